The lowest BCUT2D eigenvalue weighted by atomic mass is 9.97. The van der Waals surface area contributed by atoms with Crippen LogP contribution >= 0.6 is 22.9 Å². The van der Waals surface area contributed by atoms with Crippen LogP contribution in [0, 0.1) is 12.8 Å². The van der Waals surface area contributed by atoms with Gasteiger partial charge in [0.2, 0.25) is 5.28 Å². The Bertz CT molecular complexity index is 1040. The van der Waals surface area contributed by atoms with E-state index in [2.05, 4.69) is 16.9 Å². The average Bonchev–Trinajstić information content (AvgIpc) is 3.03. The van der Waals surface area contributed by atoms with Crippen LogP contribution in [0.15, 0.2) is 24.3 Å². The summed E-state index contributed by atoms with van der Waals surface area (Å²) in [6.07, 6.45) is 1.49. The van der Waals surface area contributed by atoms with Gasteiger partial charge >= 0.3 is 5.97 Å². The van der Waals surface area contributed by atoms with Gasteiger partial charge in [0.15, 0.2) is 0 Å². The summed E-state index contributed by atoms with van der Waals surface area (Å²) in [5.41, 5.74) is 2.11. The normalized spacial score (nSPS) is 17.1. The number of halogens is 1. The van der Waals surface area contributed by atoms with E-state index < -0.39 is 11.9 Å². The molecule has 1 saturated heterocycles. The maximum atomic E-state index is 11.5. The Morgan fingerprint density at radius 2 is 2.07 bits per heavy atom. The molecule has 1 aliphatic heterocycles. The second kappa shape index (κ2) is 7.56. The Hall–Kier alpha value is -2.38. The molecule has 0 radical (unpaired) electrons. The number of nitrogens with zero attached hydrogens (tertiary/aromatic N) is 3. The van der Waals surface area contributed by atoms with Gasteiger partial charge in [-0.2, -0.15) is 4.98 Å². The zero-order chi connectivity index (χ0) is 19.8. The van der Waals surface area contributed by atoms with Crippen molar-refractivity contribution in [1.82, 2.24) is 9.97 Å². The van der Waals surface area contributed by atoms with Crippen molar-refractivity contribution >= 4 is 44.9 Å². The van der Waals surface area contributed by atoms with Gasteiger partial charge in [-0.15, -0.1) is 11.3 Å². The highest BCUT2D eigenvalue weighted by atomic mass is 35.5. The van der Waals surface area contributed by atoms with E-state index in [1.165, 1.54) is 0 Å². The highest BCUT2D eigenvalue weighted by Gasteiger charge is 2.29. The SMILES string of the molecule is COc1ccc(-c2c(C)sc3nc(Cl)nc(N4CCCC(C(=O)O)C4)c23)cc1. The number of aryl methyl sites for hydroxylation is 1. The minimum atomic E-state index is -0.766. The number of hydrogen-bond acceptors (Lipinski definition) is 6. The second-order valence-electron chi connectivity index (χ2n) is 6.88. The molecule has 0 amide bonds. The van der Waals surface area contributed by atoms with E-state index in [0.717, 1.165) is 50.8 Å². The fourth-order valence-electron chi connectivity index (χ4n) is 3.77. The van der Waals surface area contributed by atoms with Crippen LogP contribution in [0.4, 0.5) is 5.82 Å². The van der Waals surface area contributed by atoms with Gasteiger partial charge in [-0.1, -0.05) is 12.1 Å². The number of carbonyl (C=O) groups is 1. The van der Waals surface area contributed by atoms with Crippen LogP contribution in [0.3, 0.4) is 0 Å². The molecule has 0 bridgehead atoms. The largest absolute Gasteiger partial charge is 0.497 e. The van der Waals surface area contributed by atoms with Gasteiger partial charge in [0.25, 0.3) is 0 Å². The Morgan fingerprint density at radius 1 is 1.32 bits per heavy atom. The van der Waals surface area contributed by atoms with E-state index in [-0.39, 0.29) is 5.28 Å². The fourth-order valence-corrected chi connectivity index (χ4v) is 5.03. The first kappa shape index (κ1) is 19.0. The molecule has 3 heterocycles. The zero-order valence-corrected chi connectivity index (χ0v) is 17.2. The maximum Gasteiger partial charge on any atom is 0.308 e. The summed E-state index contributed by atoms with van der Waals surface area (Å²) < 4.78 is 5.27. The molecule has 0 saturated carbocycles. The Balaban J connectivity index is 1.87. The van der Waals surface area contributed by atoms with Crippen LogP contribution in [0.2, 0.25) is 5.28 Å². The summed E-state index contributed by atoms with van der Waals surface area (Å²) in [4.78, 5) is 24.4. The fraction of sp³-hybridized carbons (Fsp3) is 0.350. The van der Waals surface area contributed by atoms with Gasteiger partial charge in [0.05, 0.1) is 18.4 Å². The molecular weight excluding hydrogens is 398 g/mol. The number of methoxy groups -OCH3 is 1. The maximum absolute atomic E-state index is 11.5. The van der Waals surface area contributed by atoms with Gasteiger partial charge in [-0.3, -0.25) is 4.79 Å². The summed E-state index contributed by atoms with van der Waals surface area (Å²) in [5, 5.41) is 10.6. The summed E-state index contributed by atoms with van der Waals surface area (Å²) in [6, 6.07) is 7.89. The topological polar surface area (TPSA) is 75.6 Å². The van der Waals surface area contributed by atoms with E-state index in [4.69, 9.17) is 16.3 Å². The number of fused-ring (bicyclic) bond motifs is 1. The van der Waals surface area contributed by atoms with E-state index in [1.54, 1.807) is 18.4 Å². The molecule has 6 nitrogen and oxygen atoms in total. The molecule has 3 aromatic rings. The van der Waals surface area contributed by atoms with E-state index in [9.17, 15) is 9.90 Å². The summed E-state index contributed by atoms with van der Waals surface area (Å²) in [5.74, 6) is 0.344. The Labute approximate surface area is 171 Å². The number of aliphatic carboxylic acids is 1. The van der Waals surface area contributed by atoms with Crippen LogP contribution < -0.4 is 9.64 Å². The molecule has 1 fully saturated rings. The van der Waals surface area contributed by atoms with Gasteiger partial charge in [-0.25, -0.2) is 4.98 Å². The van der Waals surface area contributed by atoms with E-state index in [0.29, 0.717) is 13.0 Å². The molecule has 1 aliphatic rings. The molecule has 0 aliphatic carbocycles. The monoisotopic (exact) mass is 417 g/mol. The van der Waals surface area contributed by atoms with Crippen molar-refractivity contribution in [3.63, 3.8) is 0 Å². The van der Waals surface area contributed by atoms with Crippen LogP contribution in [0.25, 0.3) is 21.3 Å². The number of ether oxygens (including phenoxy) is 1. The lowest BCUT2D eigenvalue weighted by Gasteiger charge is -2.32. The van der Waals surface area contributed by atoms with Gasteiger partial charge in [-0.05, 0) is 49.1 Å². The number of anilines is 1. The average molecular weight is 418 g/mol. The number of carboxylic acid groups (broad SMARTS) is 1. The molecule has 2 aromatic heterocycles. The predicted octanol–water partition coefficient (Wildman–Crippen LogP) is 4.63. The number of rotatable bonds is 4. The second-order valence-corrected chi connectivity index (χ2v) is 8.42. The van der Waals surface area contributed by atoms with Crippen molar-refractivity contribution in [3.05, 3.63) is 34.4 Å². The molecule has 1 N–H and O–H groups in total. The van der Waals surface area contributed by atoms with Crippen molar-refractivity contribution < 1.29 is 14.6 Å². The minimum Gasteiger partial charge on any atom is -0.497 e. The molecule has 1 atom stereocenters. The van der Waals surface area contributed by atoms with E-state index >= 15 is 0 Å². The van der Waals surface area contributed by atoms with Gasteiger partial charge in [0, 0.05) is 23.5 Å². The highest BCUT2D eigenvalue weighted by Crippen LogP contribution is 2.43. The molecular formula is C20H20ClN3O3S. The summed E-state index contributed by atoms with van der Waals surface area (Å²) in [7, 11) is 1.64. The number of thiophene rings is 1. The molecule has 4 rings (SSSR count). The van der Waals surface area contributed by atoms with Gasteiger partial charge in [0.1, 0.15) is 16.4 Å². The van der Waals surface area contributed by atoms with E-state index in [1.807, 2.05) is 29.2 Å². The summed E-state index contributed by atoms with van der Waals surface area (Å²) in [6.45, 7) is 3.23. The molecule has 1 aromatic carbocycles. The number of benzene rings is 1. The lowest BCUT2D eigenvalue weighted by molar-refractivity contribution is -0.141. The molecule has 28 heavy (non-hydrogen) atoms. The lowest BCUT2D eigenvalue weighted by Crippen LogP contribution is -2.39. The Kier molecular flexibility index (Phi) is 5.12. The molecule has 1 unspecified atom stereocenters. The number of aromatic nitrogens is 2. The van der Waals surface area contributed by atoms with Crippen LogP contribution in [0.5, 0.6) is 5.75 Å². The van der Waals surface area contributed by atoms with Crippen molar-refractivity contribution in [1.29, 1.82) is 0 Å². The standard InChI is InChI=1S/C20H20ClN3O3S/c1-11-15(12-5-7-14(27-2)8-6-12)16-17(22-20(21)23-18(16)28-11)24-9-3-4-13(10-24)19(25)26/h5-8,13H,3-4,9-10H2,1-2H3,(H,25,26). The highest BCUT2D eigenvalue weighted by molar-refractivity contribution is 7.19. The summed E-state index contributed by atoms with van der Waals surface area (Å²) >= 11 is 7.79. The molecule has 146 valence electrons. The third-order valence-corrected chi connectivity index (χ3v) is 6.30. The predicted molar refractivity (Wildman–Crippen MR) is 112 cm³/mol. The molecule has 0 spiro atoms. The Morgan fingerprint density at radius 3 is 2.75 bits per heavy atom. The third-order valence-electron chi connectivity index (χ3n) is 5.13. The van der Waals surface area contributed by atoms with Crippen molar-refractivity contribution in [3.8, 4) is 16.9 Å². The number of carboxylic acids is 1. The van der Waals surface area contributed by atoms with Crippen LogP contribution in [0.1, 0.15) is 17.7 Å². The first-order valence-electron chi connectivity index (χ1n) is 9.06. The number of piperidine rings is 1. The quantitative estimate of drug-likeness (QED) is 0.624. The minimum absolute atomic E-state index is 0.183. The van der Waals surface area contributed by atoms with Gasteiger partial charge < -0.3 is 14.7 Å². The van der Waals surface area contributed by atoms with Crippen molar-refractivity contribution in [2.45, 2.75) is 19.8 Å². The van der Waals surface area contributed by atoms with Crippen molar-refractivity contribution in [2.75, 3.05) is 25.1 Å². The van der Waals surface area contributed by atoms with Crippen LogP contribution in [-0.2, 0) is 4.79 Å². The zero-order valence-electron chi connectivity index (χ0n) is 15.6. The van der Waals surface area contributed by atoms with Crippen LogP contribution in [-0.4, -0.2) is 41.2 Å². The molecule has 8 heteroatoms. The first-order valence-corrected chi connectivity index (χ1v) is 10.3. The van der Waals surface area contributed by atoms with Crippen molar-refractivity contribution in [2.24, 2.45) is 5.92 Å². The third kappa shape index (κ3) is 3.40. The number of hydrogen-bond donors (Lipinski definition) is 1. The first-order chi connectivity index (χ1) is 13.5. The smallest absolute Gasteiger partial charge is 0.308 e.